The zero-order chi connectivity index (χ0) is 12.1. The van der Waals surface area contributed by atoms with Gasteiger partial charge in [-0.15, -0.1) is 0 Å². The Morgan fingerprint density at radius 2 is 1.88 bits per heavy atom. The molecule has 0 aromatic rings. The van der Waals surface area contributed by atoms with Gasteiger partial charge in [-0.1, -0.05) is 41.6 Å². The number of rotatable bonds is 5. The Kier molecular flexibility index (Phi) is 4.89. The van der Waals surface area contributed by atoms with Crippen molar-refractivity contribution in [2.24, 2.45) is 11.3 Å². The zero-order valence-electron chi connectivity index (χ0n) is 10.6. The third kappa shape index (κ3) is 3.70. The lowest BCUT2D eigenvalue weighted by Crippen LogP contribution is -2.40. The maximum absolute atomic E-state index is 11.8. The maximum Gasteiger partial charge on any atom is 0.220 e. The summed E-state index contributed by atoms with van der Waals surface area (Å²) in [5.74, 6) is 0.960. The van der Waals surface area contributed by atoms with E-state index in [-0.39, 0.29) is 5.91 Å². The average molecular weight is 302 g/mol. The third-order valence-corrected chi connectivity index (χ3v) is 5.75. The molecule has 0 heterocycles. The van der Waals surface area contributed by atoms with Crippen molar-refractivity contribution in [2.45, 2.75) is 57.8 Å². The van der Waals surface area contributed by atoms with Crippen LogP contribution in [-0.4, -0.2) is 17.8 Å². The van der Waals surface area contributed by atoms with Crippen molar-refractivity contribution in [1.29, 1.82) is 0 Å². The van der Waals surface area contributed by atoms with Crippen LogP contribution in [-0.2, 0) is 4.79 Å². The lowest BCUT2D eigenvalue weighted by atomic mass is 9.75. The normalized spacial score (nSPS) is 24.1. The summed E-state index contributed by atoms with van der Waals surface area (Å²) < 4.78 is 0. The zero-order valence-corrected chi connectivity index (χ0v) is 12.2. The van der Waals surface area contributed by atoms with Crippen LogP contribution in [0.2, 0.25) is 0 Å². The van der Waals surface area contributed by atoms with Gasteiger partial charge in [-0.05, 0) is 37.0 Å². The highest BCUT2D eigenvalue weighted by atomic mass is 79.9. The van der Waals surface area contributed by atoms with Crippen LogP contribution in [0, 0.1) is 11.3 Å². The largest absolute Gasteiger partial charge is 0.356 e. The van der Waals surface area contributed by atoms with Gasteiger partial charge in [0, 0.05) is 18.3 Å². The fourth-order valence-electron chi connectivity index (χ4n) is 2.98. The molecule has 2 nitrogen and oxygen atoms in total. The predicted octanol–water partition coefficient (Wildman–Crippen LogP) is 3.64. The number of carbonyl (C=O) groups excluding carboxylic acids is 1. The van der Waals surface area contributed by atoms with Crippen molar-refractivity contribution in [3.05, 3.63) is 0 Å². The molecule has 1 amide bonds. The quantitative estimate of drug-likeness (QED) is 0.772. The predicted molar refractivity (Wildman–Crippen MR) is 74.3 cm³/mol. The van der Waals surface area contributed by atoms with E-state index in [4.69, 9.17) is 0 Å². The van der Waals surface area contributed by atoms with Crippen LogP contribution >= 0.6 is 15.9 Å². The summed E-state index contributed by atoms with van der Waals surface area (Å²) >= 11 is 3.64. The molecule has 2 aliphatic carbocycles. The van der Waals surface area contributed by atoms with E-state index < -0.39 is 0 Å². The van der Waals surface area contributed by atoms with Gasteiger partial charge in [0.25, 0.3) is 0 Å². The minimum atomic E-state index is 0.278. The molecule has 0 atom stereocenters. The van der Waals surface area contributed by atoms with Crippen LogP contribution in [0.15, 0.2) is 0 Å². The van der Waals surface area contributed by atoms with Gasteiger partial charge in [0.05, 0.1) is 0 Å². The third-order valence-electron chi connectivity index (χ3n) is 4.56. The SMILES string of the molecule is O=C(CC1CCC1)NCC1(CBr)CCCCC1. The smallest absolute Gasteiger partial charge is 0.220 e. The second kappa shape index (κ2) is 6.21. The summed E-state index contributed by atoms with van der Waals surface area (Å²) in [5, 5.41) is 4.21. The molecule has 98 valence electrons. The number of nitrogens with one attached hydrogen (secondary N) is 1. The molecule has 2 saturated carbocycles. The molecule has 0 unspecified atom stereocenters. The molecule has 2 aliphatic rings. The fraction of sp³-hybridized carbons (Fsp3) is 0.929. The first kappa shape index (κ1) is 13.4. The second-order valence-corrected chi connectivity index (χ2v) is 6.53. The first-order valence-corrected chi connectivity index (χ1v) is 8.19. The Morgan fingerprint density at radius 1 is 1.18 bits per heavy atom. The fourth-order valence-corrected chi connectivity index (χ4v) is 3.74. The van der Waals surface area contributed by atoms with E-state index in [0.717, 1.165) is 18.3 Å². The number of amides is 1. The molecule has 3 heteroatoms. The number of carbonyl (C=O) groups is 1. The van der Waals surface area contributed by atoms with E-state index in [1.54, 1.807) is 0 Å². The van der Waals surface area contributed by atoms with Gasteiger partial charge in [0.2, 0.25) is 5.91 Å². The first-order valence-electron chi connectivity index (χ1n) is 7.07. The highest BCUT2D eigenvalue weighted by Gasteiger charge is 2.31. The van der Waals surface area contributed by atoms with E-state index in [9.17, 15) is 4.79 Å². The number of halogens is 1. The van der Waals surface area contributed by atoms with Crippen LogP contribution in [0.5, 0.6) is 0 Å². The molecule has 0 saturated heterocycles. The van der Waals surface area contributed by atoms with Gasteiger partial charge in [-0.3, -0.25) is 4.79 Å². The van der Waals surface area contributed by atoms with Crippen molar-refractivity contribution in [1.82, 2.24) is 5.32 Å². The molecule has 2 rings (SSSR count). The van der Waals surface area contributed by atoms with Crippen molar-refractivity contribution in [2.75, 3.05) is 11.9 Å². The molecule has 0 radical (unpaired) electrons. The van der Waals surface area contributed by atoms with Gasteiger partial charge in [0.15, 0.2) is 0 Å². The van der Waals surface area contributed by atoms with Crippen LogP contribution in [0.3, 0.4) is 0 Å². The monoisotopic (exact) mass is 301 g/mol. The Labute approximate surface area is 113 Å². The van der Waals surface area contributed by atoms with Crippen molar-refractivity contribution in [3.8, 4) is 0 Å². The lowest BCUT2D eigenvalue weighted by Gasteiger charge is -2.36. The van der Waals surface area contributed by atoms with Gasteiger partial charge in [-0.25, -0.2) is 0 Å². The molecule has 1 N–H and O–H groups in total. The maximum atomic E-state index is 11.8. The highest BCUT2D eigenvalue weighted by molar-refractivity contribution is 9.09. The summed E-state index contributed by atoms with van der Waals surface area (Å²) in [7, 11) is 0. The summed E-state index contributed by atoms with van der Waals surface area (Å²) in [5.41, 5.74) is 0.341. The minimum Gasteiger partial charge on any atom is -0.356 e. The van der Waals surface area contributed by atoms with Crippen molar-refractivity contribution >= 4 is 21.8 Å². The van der Waals surface area contributed by atoms with Crippen molar-refractivity contribution in [3.63, 3.8) is 0 Å². The summed E-state index contributed by atoms with van der Waals surface area (Å²) in [6.45, 7) is 0.879. The number of hydrogen-bond acceptors (Lipinski definition) is 1. The van der Waals surface area contributed by atoms with Crippen LogP contribution < -0.4 is 5.32 Å². The number of hydrogen-bond donors (Lipinski definition) is 1. The highest BCUT2D eigenvalue weighted by Crippen LogP contribution is 2.37. The van der Waals surface area contributed by atoms with Gasteiger partial charge in [-0.2, -0.15) is 0 Å². The summed E-state index contributed by atoms with van der Waals surface area (Å²) in [4.78, 5) is 11.8. The van der Waals surface area contributed by atoms with E-state index in [1.807, 2.05) is 0 Å². The average Bonchev–Trinajstić information content (AvgIpc) is 2.32. The molecule has 17 heavy (non-hydrogen) atoms. The number of alkyl halides is 1. The Balaban J connectivity index is 1.72. The van der Waals surface area contributed by atoms with Gasteiger partial charge in [0.1, 0.15) is 0 Å². The molecule has 0 aliphatic heterocycles. The lowest BCUT2D eigenvalue weighted by molar-refractivity contribution is -0.123. The topological polar surface area (TPSA) is 29.1 Å². The molecule has 2 fully saturated rings. The van der Waals surface area contributed by atoms with E-state index in [0.29, 0.717) is 11.3 Å². The van der Waals surface area contributed by atoms with Crippen LogP contribution in [0.25, 0.3) is 0 Å². The minimum absolute atomic E-state index is 0.278. The van der Waals surface area contributed by atoms with E-state index in [2.05, 4.69) is 21.2 Å². The Morgan fingerprint density at radius 3 is 2.41 bits per heavy atom. The van der Waals surface area contributed by atoms with E-state index >= 15 is 0 Å². The van der Waals surface area contributed by atoms with Gasteiger partial charge < -0.3 is 5.32 Å². The van der Waals surface area contributed by atoms with Gasteiger partial charge >= 0.3 is 0 Å². The molecular formula is C14H24BrNO. The standard InChI is InChI=1S/C14H24BrNO/c15-10-14(7-2-1-3-8-14)11-16-13(17)9-12-5-4-6-12/h12H,1-11H2,(H,16,17). The molecule has 0 spiro atoms. The Hall–Kier alpha value is -0.0500. The Bertz CT molecular complexity index is 257. The molecular weight excluding hydrogens is 278 g/mol. The van der Waals surface area contributed by atoms with Crippen LogP contribution in [0.1, 0.15) is 57.8 Å². The molecule has 0 aromatic carbocycles. The van der Waals surface area contributed by atoms with E-state index in [1.165, 1.54) is 51.4 Å². The summed E-state index contributed by atoms with van der Waals surface area (Å²) in [6, 6.07) is 0. The van der Waals surface area contributed by atoms with Crippen molar-refractivity contribution < 1.29 is 4.79 Å². The molecule has 0 bridgehead atoms. The van der Waals surface area contributed by atoms with Crippen LogP contribution in [0.4, 0.5) is 0 Å². The second-order valence-electron chi connectivity index (χ2n) is 5.97. The summed E-state index contributed by atoms with van der Waals surface area (Å²) in [6.07, 6.45) is 11.2. The molecule has 0 aromatic heterocycles. The first-order chi connectivity index (χ1) is 8.24.